The summed E-state index contributed by atoms with van der Waals surface area (Å²) in [4.78, 5) is 50.1. The lowest BCUT2D eigenvalue weighted by Crippen LogP contribution is -2.42. The number of nitrogens with zero attached hydrogens (tertiary/aromatic N) is 1. The molecule has 3 rings (SSSR count). The van der Waals surface area contributed by atoms with Crippen LogP contribution >= 0.6 is 0 Å². The number of imide groups is 1. The summed E-state index contributed by atoms with van der Waals surface area (Å²) in [6.45, 7) is 1.15. The van der Waals surface area contributed by atoms with Crippen molar-refractivity contribution in [2.75, 3.05) is 26.0 Å². The molecule has 2 aromatic rings. The first kappa shape index (κ1) is 20.8. The Labute approximate surface area is 173 Å². The topological polar surface area (TPSA) is 117 Å². The molecule has 0 bridgehead atoms. The van der Waals surface area contributed by atoms with Crippen LogP contribution in [-0.4, -0.2) is 49.4 Å². The van der Waals surface area contributed by atoms with Crippen LogP contribution in [0.25, 0.3) is 0 Å². The third-order valence-electron chi connectivity index (χ3n) is 4.90. The average Bonchev–Trinajstić information content (AvgIpc) is 2.97. The summed E-state index contributed by atoms with van der Waals surface area (Å²) in [5.74, 6) is -0.684. The van der Waals surface area contributed by atoms with Crippen LogP contribution in [0.3, 0.4) is 0 Å². The van der Waals surface area contributed by atoms with E-state index in [1.807, 2.05) is 0 Å². The summed E-state index contributed by atoms with van der Waals surface area (Å²) in [5.41, 5.74) is 0.186. The van der Waals surface area contributed by atoms with E-state index in [0.29, 0.717) is 22.6 Å². The zero-order valence-corrected chi connectivity index (χ0v) is 16.8. The fraction of sp³-hybridized carbons (Fsp3) is 0.238. The lowest BCUT2D eigenvalue weighted by Gasteiger charge is -2.22. The molecule has 3 N–H and O–H groups in total. The van der Waals surface area contributed by atoms with Crippen molar-refractivity contribution in [2.45, 2.75) is 12.5 Å². The standard InChI is InChI=1S/C21H22N4O5/c1-21(14-6-10-16(30-3)11-7-14)19(28)25(20(29)24-21)12-17(26)23-15-8-4-13(5-9-15)18(27)22-2/h4-11H,12H2,1-3H3,(H,22,27)(H,23,26)(H,24,29)/t21-/m1/s1. The van der Waals surface area contributed by atoms with Gasteiger partial charge in [0.1, 0.15) is 17.8 Å². The molecule has 5 amide bonds. The van der Waals surface area contributed by atoms with Gasteiger partial charge in [0.05, 0.1) is 7.11 Å². The summed E-state index contributed by atoms with van der Waals surface area (Å²) in [6, 6.07) is 12.4. The molecule has 1 fully saturated rings. The molecule has 0 aromatic heterocycles. The Morgan fingerprint density at radius 3 is 2.27 bits per heavy atom. The molecule has 1 heterocycles. The lowest BCUT2D eigenvalue weighted by molar-refractivity contribution is -0.133. The number of hydrogen-bond donors (Lipinski definition) is 3. The van der Waals surface area contributed by atoms with Crippen LogP contribution in [0.1, 0.15) is 22.8 Å². The van der Waals surface area contributed by atoms with E-state index in [0.717, 1.165) is 4.90 Å². The van der Waals surface area contributed by atoms with Crippen molar-refractivity contribution < 1.29 is 23.9 Å². The Morgan fingerprint density at radius 2 is 1.70 bits per heavy atom. The van der Waals surface area contributed by atoms with Crippen molar-refractivity contribution in [3.63, 3.8) is 0 Å². The molecule has 0 aliphatic carbocycles. The van der Waals surface area contributed by atoms with Crippen molar-refractivity contribution in [3.05, 3.63) is 59.7 Å². The summed E-state index contributed by atoms with van der Waals surface area (Å²) < 4.78 is 5.11. The predicted molar refractivity (Wildman–Crippen MR) is 109 cm³/mol. The maximum atomic E-state index is 12.9. The Balaban J connectivity index is 1.68. The van der Waals surface area contributed by atoms with Crippen molar-refractivity contribution in [2.24, 2.45) is 0 Å². The van der Waals surface area contributed by atoms with E-state index in [4.69, 9.17) is 4.74 Å². The van der Waals surface area contributed by atoms with Crippen LogP contribution in [0.4, 0.5) is 10.5 Å². The second kappa shape index (κ2) is 8.24. The number of methoxy groups -OCH3 is 1. The maximum Gasteiger partial charge on any atom is 0.325 e. The lowest BCUT2D eigenvalue weighted by atomic mass is 9.92. The number of carbonyl (C=O) groups is 4. The Bertz CT molecular complexity index is 987. The van der Waals surface area contributed by atoms with E-state index < -0.39 is 29.9 Å². The molecule has 2 aromatic carbocycles. The van der Waals surface area contributed by atoms with Gasteiger partial charge in [0.2, 0.25) is 5.91 Å². The molecule has 0 saturated carbocycles. The normalized spacial score (nSPS) is 18.0. The number of anilines is 1. The molecule has 156 valence electrons. The van der Waals surface area contributed by atoms with Gasteiger partial charge in [-0.2, -0.15) is 0 Å². The molecule has 1 aliphatic rings. The first-order valence-corrected chi connectivity index (χ1v) is 9.19. The van der Waals surface area contributed by atoms with E-state index in [2.05, 4.69) is 16.0 Å². The molecular formula is C21H22N4O5. The quantitative estimate of drug-likeness (QED) is 0.624. The van der Waals surface area contributed by atoms with E-state index in [1.165, 1.54) is 14.2 Å². The highest BCUT2D eigenvalue weighted by Crippen LogP contribution is 2.30. The van der Waals surface area contributed by atoms with Crippen LogP contribution < -0.4 is 20.7 Å². The Hall–Kier alpha value is -3.88. The van der Waals surface area contributed by atoms with Crippen molar-refractivity contribution >= 4 is 29.4 Å². The molecular weight excluding hydrogens is 388 g/mol. The van der Waals surface area contributed by atoms with Crippen LogP contribution in [0, 0.1) is 0 Å². The van der Waals surface area contributed by atoms with Crippen molar-refractivity contribution in [1.29, 1.82) is 0 Å². The van der Waals surface area contributed by atoms with Gasteiger partial charge in [0.15, 0.2) is 0 Å². The van der Waals surface area contributed by atoms with E-state index >= 15 is 0 Å². The monoisotopic (exact) mass is 410 g/mol. The van der Waals surface area contributed by atoms with Crippen molar-refractivity contribution in [3.8, 4) is 5.75 Å². The highest BCUT2D eigenvalue weighted by atomic mass is 16.5. The number of nitrogens with one attached hydrogen (secondary N) is 3. The van der Waals surface area contributed by atoms with Gasteiger partial charge in [0.25, 0.3) is 11.8 Å². The smallest absolute Gasteiger partial charge is 0.325 e. The SMILES string of the molecule is CNC(=O)c1ccc(NC(=O)CN2C(=O)N[C@](C)(c3ccc(OC)cc3)C2=O)cc1. The van der Waals surface area contributed by atoms with Gasteiger partial charge in [-0.3, -0.25) is 19.3 Å². The van der Waals surface area contributed by atoms with E-state index in [-0.39, 0.29) is 5.91 Å². The average molecular weight is 410 g/mol. The molecule has 0 spiro atoms. The third kappa shape index (κ3) is 3.95. The molecule has 1 atom stereocenters. The summed E-state index contributed by atoms with van der Waals surface area (Å²) in [6.07, 6.45) is 0. The number of hydrogen-bond acceptors (Lipinski definition) is 5. The molecule has 0 radical (unpaired) electrons. The fourth-order valence-corrected chi connectivity index (χ4v) is 3.15. The van der Waals surface area contributed by atoms with Crippen LogP contribution in [-0.2, 0) is 15.1 Å². The number of rotatable bonds is 6. The van der Waals surface area contributed by atoms with Gasteiger partial charge in [-0.1, -0.05) is 12.1 Å². The predicted octanol–water partition coefficient (Wildman–Crippen LogP) is 1.46. The van der Waals surface area contributed by atoms with Gasteiger partial charge in [-0.05, 0) is 48.9 Å². The minimum atomic E-state index is -1.28. The summed E-state index contributed by atoms with van der Waals surface area (Å²) >= 11 is 0. The summed E-state index contributed by atoms with van der Waals surface area (Å²) in [7, 11) is 3.06. The number of urea groups is 1. The molecule has 1 aliphatic heterocycles. The Kier molecular flexibility index (Phi) is 5.72. The number of carbonyl (C=O) groups excluding carboxylic acids is 4. The first-order chi connectivity index (χ1) is 14.3. The Morgan fingerprint density at radius 1 is 1.07 bits per heavy atom. The van der Waals surface area contributed by atoms with E-state index in [1.54, 1.807) is 55.5 Å². The zero-order chi connectivity index (χ0) is 21.9. The number of amides is 5. The minimum absolute atomic E-state index is 0.245. The van der Waals surface area contributed by atoms with Crippen molar-refractivity contribution in [1.82, 2.24) is 15.5 Å². The summed E-state index contributed by atoms with van der Waals surface area (Å²) in [5, 5.41) is 7.77. The highest BCUT2D eigenvalue weighted by molar-refractivity contribution is 6.10. The second-order valence-corrected chi connectivity index (χ2v) is 6.88. The van der Waals surface area contributed by atoms with Crippen LogP contribution in [0.15, 0.2) is 48.5 Å². The van der Waals surface area contributed by atoms with Crippen LogP contribution in [0.2, 0.25) is 0 Å². The van der Waals surface area contributed by atoms with Gasteiger partial charge < -0.3 is 20.7 Å². The molecule has 9 nitrogen and oxygen atoms in total. The maximum absolute atomic E-state index is 12.9. The molecule has 30 heavy (non-hydrogen) atoms. The highest BCUT2D eigenvalue weighted by Gasteiger charge is 2.49. The first-order valence-electron chi connectivity index (χ1n) is 9.19. The van der Waals surface area contributed by atoms with Gasteiger partial charge in [-0.25, -0.2) is 4.79 Å². The fourth-order valence-electron chi connectivity index (χ4n) is 3.15. The van der Waals surface area contributed by atoms with Gasteiger partial charge in [-0.15, -0.1) is 0 Å². The number of benzene rings is 2. The van der Waals surface area contributed by atoms with Gasteiger partial charge >= 0.3 is 6.03 Å². The second-order valence-electron chi connectivity index (χ2n) is 6.88. The molecule has 9 heteroatoms. The molecule has 1 saturated heterocycles. The third-order valence-corrected chi connectivity index (χ3v) is 4.90. The largest absolute Gasteiger partial charge is 0.497 e. The van der Waals surface area contributed by atoms with Crippen LogP contribution in [0.5, 0.6) is 5.75 Å². The minimum Gasteiger partial charge on any atom is -0.497 e. The molecule has 0 unspecified atom stereocenters. The van der Waals surface area contributed by atoms with E-state index in [9.17, 15) is 19.2 Å². The van der Waals surface area contributed by atoms with Gasteiger partial charge in [0, 0.05) is 18.3 Å². The zero-order valence-electron chi connectivity index (χ0n) is 16.8. The number of ether oxygens (including phenoxy) is 1.